The molecule has 0 aliphatic rings. The second-order valence-electron chi connectivity index (χ2n) is 13.8. The van der Waals surface area contributed by atoms with Crippen molar-refractivity contribution in [3.05, 3.63) is 71.3 Å². The standard InChI is InChI=1S/C38H52N6O9/c1-7-23(2)33(41-24(3)46)37(52)44-30(20-26-13-15-27(22-45)16-14-26)35(50)40-21-31(47)42-28(17-18-32(48)53-38(4,5)6)36(51)43-29(34(39)49)19-25-11-9-8-10-12-25/h8-16,22-23,28-30,33H,7,17-21H2,1-6H3,(H2,39,49)(H,40,50)(H,41,46)(H,42,47)(H,43,51)(H,44,52)/t23-,28-,29-,30-,33-/m0/s1. The molecule has 2 aromatic carbocycles. The van der Waals surface area contributed by atoms with Crippen LogP contribution in [-0.4, -0.2) is 84.0 Å². The van der Waals surface area contributed by atoms with Gasteiger partial charge in [0, 0.05) is 31.7 Å². The molecule has 0 saturated heterocycles. The third-order valence-electron chi connectivity index (χ3n) is 8.12. The first-order valence-corrected chi connectivity index (χ1v) is 17.5. The van der Waals surface area contributed by atoms with Crippen molar-refractivity contribution in [2.75, 3.05) is 6.54 Å². The Labute approximate surface area is 309 Å². The minimum atomic E-state index is -1.33. The Morgan fingerprint density at radius 3 is 1.91 bits per heavy atom. The van der Waals surface area contributed by atoms with Gasteiger partial charge >= 0.3 is 5.97 Å². The fraction of sp³-hybridized carbons (Fsp3) is 0.474. The number of rotatable bonds is 20. The smallest absolute Gasteiger partial charge is 0.306 e. The lowest BCUT2D eigenvalue weighted by atomic mass is 9.97. The first-order chi connectivity index (χ1) is 24.9. The number of amides is 6. The maximum Gasteiger partial charge on any atom is 0.306 e. The van der Waals surface area contributed by atoms with Crippen molar-refractivity contribution in [3.63, 3.8) is 0 Å². The Kier molecular flexibility index (Phi) is 17.3. The van der Waals surface area contributed by atoms with Crippen LogP contribution < -0.4 is 32.3 Å². The highest BCUT2D eigenvalue weighted by Gasteiger charge is 2.31. The molecular formula is C38H52N6O9. The molecule has 0 radical (unpaired) electrons. The van der Waals surface area contributed by atoms with Crippen LogP contribution in [-0.2, 0) is 51.1 Å². The number of benzene rings is 2. The van der Waals surface area contributed by atoms with Crippen molar-refractivity contribution in [3.8, 4) is 0 Å². The van der Waals surface area contributed by atoms with Gasteiger partial charge in [0.2, 0.25) is 35.4 Å². The van der Waals surface area contributed by atoms with E-state index in [0.717, 1.165) is 5.56 Å². The Hall–Kier alpha value is -5.60. The molecule has 2 rings (SSSR count). The van der Waals surface area contributed by atoms with Crippen LogP contribution in [0.4, 0.5) is 0 Å². The van der Waals surface area contributed by atoms with Crippen molar-refractivity contribution in [1.29, 1.82) is 0 Å². The van der Waals surface area contributed by atoms with Gasteiger partial charge < -0.3 is 37.1 Å². The first kappa shape index (κ1) is 43.6. The number of carbonyl (C=O) groups is 8. The number of hydrogen-bond acceptors (Lipinski definition) is 9. The summed E-state index contributed by atoms with van der Waals surface area (Å²) in [6.45, 7) is 9.32. The van der Waals surface area contributed by atoms with E-state index in [0.29, 0.717) is 23.8 Å². The summed E-state index contributed by atoms with van der Waals surface area (Å²) in [5.74, 6) is -5.08. The highest BCUT2D eigenvalue weighted by atomic mass is 16.6. The maximum absolute atomic E-state index is 13.5. The lowest BCUT2D eigenvalue weighted by Crippen LogP contribution is -2.57. The molecule has 0 aliphatic carbocycles. The summed E-state index contributed by atoms with van der Waals surface area (Å²) in [7, 11) is 0. The molecule has 15 nitrogen and oxygen atoms in total. The van der Waals surface area contributed by atoms with Crippen LogP contribution in [0, 0.1) is 5.92 Å². The van der Waals surface area contributed by atoms with E-state index in [4.69, 9.17) is 10.5 Å². The van der Waals surface area contributed by atoms with E-state index in [-0.39, 0.29) is 31.6 Å². The van der Waals surface area contributed by atoms with E-state index < -0.39 is 77.7 Å². The van der Waals surface area contributed by atoms with Gasteiger partial charge in [0.15, 0.2) is 0 Å². The molecule has 2 aromatic rings. The van der Waals surface area contributed by atoms with Crippen LogP contribution >= 0.6 is 0 Å². The Morgan fingerprint density at radius 2 is 1.36 bits per heavy atom. The van der Waals surface area contributed by atoms with Gasteiger partial charge in [0.05, 0.1) is 6.54 Å². The van der Waals surface area contributed by atoms with Crippen molar-refractivity contribution in [2.45, 2.75) is 103 Å². The summed E-state index contributed by atoms with van der Waals surface area (Å²) in [6, 6.07) is 10.6. The molecule has 288 valence electrons. The second-order valence-corrected chi connectivity index (χ2v) is 13.8. The number of aldehydes is 1. The topological polar surface area (TPSA) is 232 Å². The zero-order chi connectivity index (χ0) is 39.7. The monoisotopic (exact) mass is 736 g/mol. The zero-order valence-corrected chi connectivity index (χ0v) is 31.2. The van der Waals surface area contributed by atoms with Crippen LogP contribution in [0.25, 0.3) is 0 Å². The minimum Gasteiger partial charge on any atom is -0.460 e. The molecule has 7 N–H and O–H groups in total. The first-order valence-electron chi connectivity index (χ1n) is 17.5. The Morgan fingerprint density at radius 1 is 0.774 bits per heavy atom. The fourth-order valence-electron chi connectivity index (χ4n) is 5.16. The molecule has 6 amide bonds. The number of nitrogens with two attached hydrogens (primary N) is 1. The molecule has 0 fully saturated rings. The van der Waals surface area contributed by atoms with Crippen molar-refractivity contribution in [1.82, 2.24) is 26.6 Å². The number of carbonyl (C=O) groups excluding carboxylic acids is 8. The third kappa shape index (κ3) is 16.1. The summed E-state index contributed by atoms with van der Waals surface area (Å²) < 4.78 is 5.34. The lowest BCUT2D eigenvalue weighted by molar-refractivity contribution is -0.155. The average Bonchev–Trinajstić information content (AvgIpc) is 3.10. The second kappa shape index (κ2) is 21.1. The Bertz CT molecular complexity index is 1590. The van der Waals surface area contributed by atoms with Crippen LogP contribution in [0.3, 0.4) is 0 Å². The van der Waals surface area contributed by atoms with Crippen molar-refractivity contribution in [2.24, 2.45) is 11.7 Å². The van der Waals surface area contributed by atoms with Gasteiger partial charge in [-0.05, 0) is 44.2 Å². The van der Waals surface area contributed by atoms with E-state index >= 15 is 0 Å². The summed E-state index contributed by atoms with van der Waals surface area (Å²) in [6.07, 6.45) is 0.810. The van der Waals surface area contributed by atoms with Crippen LogP contribution in [0.1, 0.15) is 82.3 Å². The molecule has 0 aliphatic heterocycles. The molecule has 0 aromatic heterocycles. The largest absolute Gasteiger partial charge is 0.460 e. The molecule has 0 heterocycles. The third-order valence-corrected chi connectivity index (χ3v) is 8.12. The van der Waals surface area contributed by atoms with Gasteiger partial charge in [0.25, 0.3) is 0 Å². The lowest BCUT2D eigenvalue weighted by Gasteiger charge is -2.26. The van der Waals surface area contributed by atoms with Crippen LogP contribution in [0.5, 0.6) is 0 Å². The summed E-state index contributed by atoms with van der Waals surface area (Å²) in [5.41, 5.74) is 6.51. The van der Waals surface area contributed by atoms with E-state index in [9.17, 15) is 38.4 Å². The predicted molar refractivity (Wildman–Crippen MR) is 196 cm³/mol. The number of nitrogens with one attached hydrogen (secondary N) is 5. The molecule has 0 spiro atoms. The molecule has 5 atom stereocenters. The number of esters is 1. The number of primary amides is 1. The van der Waals surface area contributed by atoms with Gasteiger partial charge in [-0.1, -0.05) is 74.9 Å². The molecular weight excluding hydrogens is 684 g/mol. The quantitative estimate of drug-likeness (QED) is 0.0840. The highest BCUT2D eigenvalue weighted by molar-refractivity contribution is 5.95. The SMILES string of the molecule is CC[C@H](C)[C@H](NC(C)=O)C(=O)N[C@@H](Cc1ccc(C=O)cc1)C(=O)NCC(=O)N[C@@H](CCC(=O)OC(C)(C)C)C(=O)N[C@@H](Cc1ccccc1)C(N)=O. The van der Waals surface area contributed by atoms with Gasteiger partial charge in [0.1, 0.15) is 36.1 Å². The molecule has 15 heteroatoms. The maximum atomic E-state index is 13.5. The fourth-order valence-corrected chi connectivity index (χ4v) is 5.16. The van der Waals surface area contributed by atoms with Gasteiger partial charge in [-0.25, -0.2) is 0 Å². The van der Waals surface area contributed by atoms with E-state index in [1.165, 1.54) is 6.92 Å². The minimum absolute atomic E-state index is 0.0253. The van der Waals surface area contributed by atoms with Crippen LogP contribution in [0.15, 0.2) is 54.6 Å². The molecule has 0 saturated carbocycles. The van der Waals surface area contributed by atoms with Gasteiger partial charge in [-0.2, -0.15) is 0 Å². The van der Waals surface area contributed by atoms with Gasteiger partial charge in [-0.3, -0.25) is 38.4 Å². The van der Waals surface area contributed by atoms with Gasteiger partial charge in [-0.15, -0.1) is 0 Å². The van der Waals surface area contributed by atoms with E-state index in [1.54, 1.807) is 82.3 Å². The Balaban J connectivity index is 2.24. The average molecular weight is 737 g/mol. The van der Waals surface area contributed by atoms with Crippen LogP contribution in [0.2, 0.25) is 0 Å². The van der Waals surface area contributed by atoms with E-state index in [1.807, 2.05) is 6.92 Å². The highest BCUT2D eigenvalue weighted by Crippen LogP contribution is 2.13. The van der Waals surface area contributed by atoms with Crippen molar-refractivity contribution < 1.29 is 43.1 Å². The molecule has 53 heavy (non-hydrogen) atoms. The summed E-state index contributed by atoms with van der Waals surface area (Å²) in [4.78, 5) is 101. The molecule has 0 unspecified atom stereocenters. The number of hydrogen-bond donors (Lipinski definition) is 6. The van der Waals surface area contributed by atoms with E-state index in [2.05, 4.69) is 26.6 Å². The predicted octanol–water partition coefficient (Wildman–Crippen LogP) is 1.01. The summed E-state index contributed by atoms with van der Waals surface area (Å²) in [5, 5.41) is 12.8. The number of ether oxygens (including phenoxy) is 1. The zero-order valence-electron chi connectivity index (χ0n) is 31.2. The van der Waals surface area contributed by atoms with Crippen molar-refractivity contribution >= 4 is 47.7 Å². The summed E-state index contributed by atoms with van der Waals surface area (Å²) >= 11 is 0. The normalized spacial score (nSPS) is 13.8. The molecule has 0 bridgehead atoms.